The molecule has 29 heavy (non-hydrogen) atoms. The average molecular weight is 402 g/mol. The summed E-state index contributed by atoms with van der Waals surface area (Å²) in [6, 6.07) is 3.77. The lowest BCUT2D eigenvalue weighted by molar-refractivity contribution is 0.118. The maximum Gasteiger partial charge on any atom is 0.412 e. The van der Waals surface area contributed by atoms with Gasteiger partial charge in [-0.1, -0.05) is 32.4 Å². The van der Waals surface area contributed by atoms with Crippen molar-refractivity contribution in [1.29, 1.82) is 0 Å². The fourth-order valence-corrected chi connectivity index (χ4v) is 3.25. The Morgan fingerprint density at radius 2 is 1.97 bits per heavy atom. The van der Waals surface area contributed by atoms with E-state index in [-0.39, 0.29) is 11.5 Å². The molecule has 2 aromatic heterocycles. The minimum Gasteiger partial charge on any atom is -0.489 e. The van der Waals surface area contributed by atoms with Crippen molar-refractivity contribution in [3.8, 4) is 17.1 Å². The predicted octanol–water partition coefficient (Wildman–Crippen LogP) is 4.49. The lowest BCUT2D eigenvalue weighted by atomic mass is 9.98. The van der Waals surface area contributed by atoms with Gasteiger partial charge in [-0.25, -0.2) is 14.5 Å². The van der Waals surface area contributed by atoms with Gasteiger partial charge >= 0.3 is 6.09 Å². The molecule has 0 spiro atoms. The highest BCUT2D eigenvalue weighted by Crippen LogP contribution is 2.29. The first-order valence-electron chi connectivity index (χ1n) is 10.2. The molecule has 1 aliphatic carbocycles. The van der Waals surface area contributed by atoms with Gasteiger partial charge in [-0.2, -0.15) is 0 Å². The fourth-order valence-electron chi connectivity index (χ4n) is 3.25. The van der Waals surface area contributed by atoms with Crippen LogP contribution >= 0.6 is 0 Å². The zero-order valence-corrected chi connectivity index (χ0v) is 18.0. The highest BCUT2D eigenvalue weighted by Gasteiger charge is 2.21. The van der Waals surface area contributed by atoms with Gasteiger partial charge in [-0.15, -0.1) is 5.10 Å². The fraction of sp³-hybridized carbons (Fsp3) is 0.619. The number of hydrogen-bond donors (Lipinski definition) is 1. The van der Waals surface area contributed by atoms with Gasteiger partial charge in [0, 0.05) is 7.05 Å². The van der Waals surface area contributed by atoms with Crippen LogP contribution in [0.15, 0.2) is 12.1 Å². The lowest BCUT2D eigenvalue weighted by Gasteiger charge is -2.23. The Hall–Kier alpha value is -2.64. The number of aryl methyl sites for hydroxylation is 2. The molecule has 1 fully saturated rings. The number of nitrogens with zero attached hydrogens (tertiary/aromatic N) is 4. The van der Waals surface area contributed by atoms with Gasteiger partial charge in [0.25, 0.3) is 0 Å². The van der Waals surface area contributed by atoms with Crippen molar-refractivity contribution in [3.05, 3.63) is 17.8 Å². The number of aromatic nitrogens is 4. The molecule has 1 saturated carbocycles. The van der Waals surface area contributed by atoms with Gasteiger partial charge in [0.05, 0.1) is 24.1 Å². The van der Waals surface area contributed by atoms with E-state index < -0.39 is 6.09 Å². The van der Waals surface area contributed by atoms with Crippen molar-refractivity contribution >= 4 is 11.9 Å². The molecule has 158 valence electrons. The third kappa shape index (κ3) is 5.68. The summed E-state index contributed by atoms with van der Waals surface area (Å²) in [6.07, 6.45) is 5.63. The molecule has 8 heteroatoms. The minimum absolute atomic E-state index is 0.113. The first-order valence-corrected chi connectivity index (χ1v) is 10.2. The molecule has 2 aromatic rings. The van der Waals surface area contributed by atoms with Crippen molar-refractivity contribution in [2.45, 2.75) is 65.9 Å². The summed E-state index contributed by atoms with van der Waals surface area (Å²) < 4.78 is 12.9. The van der Waals surface area contributed by atoms with Crippen LogP contribution in [0, 0.1) is 12.3 Å². The molecule has 0 saturated heterocycles. The second kappa shape index (κ2) is 8.80. The minimum atomic E-state index is -0.541. The first kappa shape index (κ1) is 21.1. The molecule has 1 aliphatic rings. The Morgan fingerprint density at radius 3 is 2.62 bits per heavy atom. The summed E-state index contributed by atoms with van der Waals surface area (Å²) in [7, 11) is 1.71. The van der Waals surface area contributed by atoms with E-state index >= 15 is 0 Å². The summed E-state index contributed by atoms with van der Waals surface area (Å²) >= 11 is 0. The van der Waals surface area contributed by atoms with Crippen molar-refractivity contribution in [3.63, 3.8) is 0 Å². The van der Waals surface area contributed by atoms with Crippen LogP contribution in [0.3, 0.4) is 0 Å². The number of ether oxygens (including phenoxy) is 2. The first-order chi connectivity index (χ1) is 13.7. The number of rotatable bonds is 5. The number of pyridine rings is 1. The van der Waals surface area contributed by atoms with Crippen LogP contribution in [-0.4, -0.2) is 38.8 Å². The molecule has 0 aromatic carbocycles. The maximum atomic E-state index is 12.2. The number of carbonyl (C=O) groups excluding carboxylic acids is 1. The van der Waals surface area contributed by atoms with Crippen molar-refractivity contribution in [2.75, 3.05) is 11.9 Å². The molecule has 0 aliphatic heterocycles. The average Bonchev–Trinajstić information content (AvgIpc) is 3.02. The zero-order valence-electron chi connectivity index (χ0n) is 18.0. The van der Waals surface area contributed by atoms with Crippen LogP contribution in [0.1, 0.15) is 58.6 Å². The van der Waals surface area contributed by atoms with E-state index in [2.05, 4.69) is 20.6 Å². The van der Waals surface area contributed by atoms with E-state index in [0.29, 0.717) is 23.8 Å². The maximum absolute atomic E-state index is 12.2. The van der Waals surface area contributed by atoms with Gasteiger partial charge in [0.2, 0.25) is 0 Å². The Kier molecular flexibility index (Phi) is 6.39. The number of nitrogens with one attached hydrogen (secondary N) is 1. The summed E-state index contributed by atoms with van der Waals surface area (Å²) in [5.41, 5.74) is 1.79. The molecular weight excluding hydrogens is 370 g/mol. The quantitative estimate of drug-likeness (QED) is 0.794. The van der Waals surface area contributed by atoms with E-state index in [1.807, 2.05) is 39.8 Å². The molecule has 3 rings (SSSR count). The van der Waals surface area contributed by atoms with Crippen molar-refractivity contribution in [1.82, 2.24) is 20.0 Å². The molecule has 0 radical (unpaired) electrons. The zero-order chi connectivity index (χ0) is 21.0. The molecule has 0 bridgehead atoms. The van der Waals surface area contributed by atoms with Gasteiger partial charge in [0.1, 0.15) is 5.75 Å². The number of carbonyl (C=O) groups is 1. The van der Waals surface area contributed by atoms with Gasteiger partial charge in [-0.05, 0) is 50.2 Å². The third-order valence-corrected chi connectivity index (χ3v) is 4.81. The van der Waals surface area contributed by atoms with E-state index in [1.54, 1.807) is 7.05 Å². The summed E-state index contributed by atoms with van der Waals surface area (Å²) in [5.74, 6) is 1.24. The summed E-state index contributed by atoms with van der Waals surface area (Å²) in [4.78, 5) is 16.8. The smallest absolute Gasteiger partial charge is 0.412 e. The van der Waals surface area contributed by atoms with Crippen molar-refractivity contribution in [2.24, 2.45) is 12.5 Å². The SMILES string of the molecule is Cc1nc(-c2nnn(C)c2NC(=O)OCC(C)(C)C)ccc1OC1CCCCC1. The summed E-state index contributed by atoms with van der Waals surface area (Å²) in [6.45, 7) is 8.23. The predicted molar refractivity (Wildman–Crippen MR) is 111 cm³/mol. The molecule has 0 atom stereocenters. The Bertz CT molecular complexity index is 850. The molecule has 0 unspecified atom stereocenters. The molecular formula is C21H31N5O3. The van der Waals surface area contributed by atoms with E-state index in [4.69, 9.17) is 9.47 Å². The van der Waals surface area contributed by atoms with Crippen LogP contribution in [0.4, 0.5) is 10.6 Å². The Balaban J connectivity index is 1.73. The van der Waals surface area contributed by atoms with Crippen molar-refractivity contribution < 1.29 is 14.3 Å². The Labute approximate surface area is 172 Å². The van der Waals surface area contributed by atoms with Crippen LogP contribution < -0.4 is 10.1 Å². The highest BCUT2D eigenvalue weighted by atomic mass is 16.5. The second-order valence-electron chi connectivity index (χ2n) is 8.83. The van der Waals surface area contributed by atoms with Crippen LogP contribution in [0.2, 0.25) is 0 Å². The third-order valence-electron chi connectivity index (χ3n) is 4.81. The van der Waals surface area contributed by atoms with Gasteiger partial charge in [0.15, 0.2) is 11.5 Å². The van der Waals surface area contributed by atoms with Crippen LogP contribution in [0.25, 0.3) is 11.4 Å². The van der Waals surface area contributed by atoms with Gasteiger partial charge < -0.3 is 9.47 Å². The molecule has 1 amide bonds. The van der Waals surface area contributed by atoms with Crippen LogP contribution in [0.5, 0.6) is 5.75 Å². The van der Waals surface area contributed by atoms with E-state index in [9.17, 15) is 4.79 Å². The monoisotopic (exact) mass is 401 g/mol. The van der Waals surface area contributed by atoms with E-state index in [0.717, 1.165) is 24.3 Å². The van der Waals surface area contributed by atoms with E-state index in [1.165, 1.54) is 23.9 Å². The number of anilines is 1. The van der Waals surface area contributed by atoms with Gasteiger partial charge in [-0.3, -0.25) is 5.32 Å². The largest absolute Gasteiger partial charge is 0.489 e. The standard InChI is InChI=1S/C21H31N5O3/c1-14-17(29-15-9-7-6-8-10-15)12-11-16(22-14)18-19(26(5)25-24-18)23-20(27)28-13-21(2,3)4/h11-12,15H,6-10,13H2,1-5H3,(H,23,27). The normalized spacial score (nSPS) is 15.2. The molecule has 2 heterocycles. The summed E-state index contributed by atoms with van der Waals surface area (Å²) in [5, 5.41) is 10.9. The topological polar surface area (TPSA) is 91.2 Å². The highest BCUT2D eigenvalue weighted by molar-refractivity contribution is 5.88. The second-order valence-corrected chi connectivity index (χ2v) is 8.83. The Morgan fingerprint density at radius 1 is 1.24 bits per heavy atom. The molecule has 1 N–H and O–H groups in total. The number of amides is 1. The molecule has 8 nitrogen and oxygen atoms in total. The number of hydrogen-bond acceptors (Lipinski definition) is 6. The van der Waals surface area contributed by atoms with Crippen LogP contribution in [-0.2, 0) is 11.8 Å². The lowest BCUT2D eigenvalue weighted by Crippen LogP contribution is -2.23.